The van der Waals surface area contributed by atoms with Crippen molar-refractivity contribution in [2.45, 2.75) is 37.8 Å². The van der Waals surface area contributed by atoms with Crippen LogP contribution in [0.15, 0.2) is 5.18 Å². The van der Waals surface area contributed by atoms with Crippen LogP contribution >= 0.6 is 0 Å². The molecule has 1 saturated carbocycles. The Hall–Kier alpha value is -0.920. The maximum absolute atomic E-state index is 10.5. The van der Waals surface area contributed by atoms with Crippen molar-refractivity contribution in [1.29, 1.82) is 0 Å². The Kier molecular flexibility index (Phi) is 5.20. The van der Waals surface area contributed by atoms with Crippen molar-refractivity contribution in [3.8, 4) is 11.8 Å². The van der Waals surface area contributed by atoms with Crippen LogP contribution in [-0.4, -0.2) is 30.5 Å². The lowest BCUT2D eigenvalue weighted by Crippen LogP contribution is -2.30. The van der Waals surface area contributed by atoms with Crippen molar-refractivity contribution in [2.75, 3.05) is 13.2 Å². The van der Waals surface area contributed by atoms with Gasteiger partial charge in [0, 0.05) is 0 Å². The molecule has 78 valence electrons. The molecule has 4 nitrogen and oxygen atoms in total. The molecule has 0 aromatic heterocycles. The van der Waals surface area contributed by atoms with E-state index in [4.69, 9.17) is 9.84 Å². The molecular weight excluding hydrogens is 182 g/mol. The van der Waals surface area contributed by atoms with Gasteiger partial charge in [-0.25, -0.2) is 0 Å². The van der Waals surface area contributed by atoms with E-state index in [1.54, 1.807) is 0 Å². The number of hydrogen-bond donors (Lipinski definition) is 1. The maximum Gasteiger partial charge on any atom is 0.118 e. The van der Waals surface area contributed by atoms with E-state index < -0.39 is 0 Å². The van der Waals surface area contributed by atoms with E-state index in [2.05, 4.69) is 17.0 Å². The van der Waals surface area contributed by atoms with E-state index in [0.29, 0.717) is 0 Å². The van der Waals surface area contributed by atoms with Crippen LogP contribution in [0.5, 0.6) is 0 Å². The third-order valence-corrected chi connectivity index (χ3v) is 2.38. The molecular formula is C10H15NO3. The van der Waals surface area contributed by atoms with Crippen molar-refractivity contribution in [3.63, 3.8) is 0 Å². The number of aliphatic hydroxyl groups excluding tert-OH is 1. The Labute approximate surface area is 83.6 Å². The maximum atomic E-state index is 10.5. The average molecular weight is 197 g/mol. The minimum Gasteiger partial charge on any atom is -0.384 e. The van der Waals surface area contributed by atoms with E-state index in [1.165, 1.54) is 0 Å². The van der Waals surface area contributed by atoms with Crippen molar-refractivity contribution in [3.05, 3.63) is 4.91 Å². The van der Waals surface area contributed by atoms with Gasteiger partial charge < -0.3 is 9.84 Å². The summed E-state index contributed by atoms with van der Waals surface area (Å²) in [4.78, 5) is 10.5. The third-order valence-electron chi connectivity index (χ3n) is 2.38. The van der Waals surface area contributed by atoms with Crippen LogP contribution in [0.25, 0.3) is 0 Å². The minimum atomic E-state index is -0.209. The monoisotopic (exact) mass is 197 g/mol. The molecule has 0 radical (unpaired) electrons. The van der Waals surface area contributed by atoms with Gasteiger partial charge in [-0.2, -0.15) is 4.91 Å². The molecule has 1 rings (SSSR count). The highest BCUT2D eigenvalue weighted by molar-refractivity contribution is 4.99. The molecule has 0 aromatic carbocycles. The average Bonchev–Trinajstić information content (AvgIpc) is 2.25. The second-order valence-electron chi connectivity index (χ2n) is 3.32. The number of hydrogen-bond acceptors (Lipinski definition) is 4. The topological polar surface area (TPSA) is 58.9 Å². The normalized spacial score (nSPS) is 26.4. The predicted octanol–water partition coefficient (Wildman–Crippen LogP) is 1.08. The van der Waals surface area contributed by atoms with E-state index in [-0.39, 0.29) is 25.4 Å². The second kappa shape index (κ2) is 6.52. The molecule has 1 aliphatic carbocycles. The Bertz CT molecular complexity index is 231. The molecule has 1 fully saturated rings. The molecule has 2 atom stereocenters. The molecule has 0 aliphatic heterocycles. The summed E-state index contributed by atoms with van der Waals surface area (Å²) < 4.78 is 5.41. The highest BCUT2D eigenvalue weighted by Gasteiger charge is 2.26. The van der Waals surface area contributed by atoms with Crippen molar-refractivity contribution in [1.82, 2.24) is 0 Å². The zero-order valence-electron chi connectivity index (χ0n) is 8.11. The molecule has 14 heavy (non-hydrogen) atoms. The first kappa shape index (κ1) is 11.2. The number of nitroso groups, excluding NO2 is 1. The van der Waals surface area contributed by atoms with E-state index in [1.807, 2.05) is 0 Å². The number of rotatable bonds is 3. The Morgan fingerprint density at radius 1 is 1.36 bits per heavy atom. The molecule has 4 heteroatoms. The van der Waals surface area contributed by atoms with Gasteiger partial charge in [0.1, 0.15) is 19.3 Å². The van der Waals surface area contributed by atoms with E-state index in [0.717, 1.165) is 25.7 Å². The van der Waals surface area contributed by atoms with Gasteiger partial charge >= 0.3 is 0 Å². The van der Waals surface area contributed by atoms with Crippen molar-refractivity contribution in [2.24, 2.45) is 5.18 Å². The zero-order valence-corrected chi connectivity index (χ0v) is 8.11. The summed E-state index contributed by atoms with van der Waals surface area (Å²) in [7, 11) is 0. The second-order valence-corrected chi connectivity index (χ2v) is 3.32. The summed E-state index contributed by atoms with van der Waals surface area (Å²) in [5, 5.41) is 11.5. The van der Waals surface area contributed by atoms with Crippen LogP contribution in [0.1, 0.15) is 25.7 Å². The van der Waals surface area contributed by atoms with Gasteiger partial charge in [0.05, 0.1) is 6.10 Å². The fourth-order valence-corrected chi connectivity index (χ4v) is 1.65. The number of aliphatic hydroxyl groups is 1. The molecule has 1 N–H and O–H groups in total. The first-order valence-corrected chi connectivity index (χ1v) is 4.89. The summed E-state index contributed by atoms with van der Waals surface area (Å²) in [6.45, 7) is 0.126. The Morgan fingerprint density at radius 2 is 2.14 bits per heavy atom. The van der Waals surface area contributed by atoms with Gasteiger partial charge in [-0.1, -0.05) is 29.9 Å². The summed E-state index contributed by atoms with van der Waals surface area (Å²) in [6.07, 6.45) is 3.77. The molecule has 0 amide bonds. The van der Waals surface area contributed by atoms with Crippen LogP contribution in [-0.2, 0) is 4.74 Å². The number of nitrogens with zero attached hydrogens (tertiary/aromatic N) is 1. The van der Waals surface area contributed by atoms with Crippen LogP contribution in [0.4, 0.5) is 0 Å². The molecule has 0 saturated heterocycles. The van der Waals surface area contributed by atoms with Crippen LogP contribution < -0.4 is 0 Å². The molecule has 0 heterocycles. The molecule has 0 aromatic rings. The van der Waals surface area contributed by atoms with Gasteiger partial charge in [-0.15, -0.1) is 0 Å². The Balaban J connectivity index is 2.29. The standard InChI is InChI=1S/C10H15NO3/c12-7-3-4-8-14-10-6-2-1-5-9(10)11-13/h9-10,12H,1-2,5-8H2. The molecule has 1 aliphatic rings. The molecule has 0 spiro atoms. The van der Waals surface area contributed by atoms with E-state index >= 15 is 0 Å². The fraction of sp³-hybridized carbons (Fsp3) is 0.800. The van der Waals surface area contributed by atoms with Gasteiger partial charge in [-0.05, 0) is 12.8 Å². The highest BCUT2D eigenvalue weighted by atomic mass is 16.5. The Morgan fingerprint density at radius 3 is 2.86 bits per heavy atom. The SMILES string of the molecule is O=NC1CCCCC1OCC#CCO. The van der Waals surface area contributed by atoms with Crippen molar-refractivity contribution >= 4 is 0 Å². The van der Waals surface area contributed by atoms with Crippen molar-refractivity contribution < 1.29 is 9.84 Å². The molecule has 0 bridgehead atoms. The fourth-order valence-electron chi connectivity index (χ4n) is 1.65. The van der Waals surface area contributed by atoms with Crippen LogP contribution in [0.2, 0.25) is 0 Å². The van der Waals surface area contributed by atoms with Gasteiger partial charge in [0.25, 0.3) is 0 Å². The predicted molar refractivity (Wildman–Crippen MR) is 52.7 cm³/mol. The van der Waals surface area contributed by atoms with Crippen LogP contribution in [0.3, 0.4) is 0 Å². The summed E-state index contributed by atoms with van der Waals surface area (Å²) in [5.74, 6) is 5.15. The lowest BCUT2D eigenvalue weighted by Gasteiger charge is -2.25. The lowest BCUT2D eigenvalue weighted by atomic mass is 9.93. The highest BCUT2D eigenvalue weighted by Crippen LogP contribution is 2.23. The molecule has 2 unspecified atom stereocenters. The summed E-state index contributed by atoms with van der Waals surface area (Å²) >= 11 is 0. The smallest absolute Gasteiger partial charge is 0.118 e. The minimum absolute atomic E-state index is 0.0748. The quantitative estimate of drug-likeness (QED) is 0.544. The first-order valence-electron chi connectivity index (χ1n) is 4.89. The zero-order chi connectivity index (χ0) is 10.2. The lowest BCUT2D eigenvalue weighted by molar-refractivity contribution is 0.0350. The van der Waals surface area contributed by atoms with E-state index in [9.17, 15) is 4.91 Å². The van der Waals surface area contributed by atoms with Gasteiger partial charge in [-0.3, -0.25) is 0 Å². The summed E-state index contributed by atoms with van der Waals surface area (Å²) in [5.41, 5.74) is 0. The summed E-state index contributed by atoms with van der Waals surface area (Å²) in [6, 6.07) is -0.209. The third kappa shape index (κ3) is 3.44. The largest absolute Gasteiger partial charge is 0.384 e. The number of ether oxygens (including phenoxy) is 1. The van der Waals surface area contributed by atoms with Gasteiger partial charge in [0.2, 0.25) is 0 Å². The first-order chi connectivity index (χ1) is 6.88. The van der Waals surface area contributed by atoms with Crippen LogP contribution in [0, 0.1) is 16.7 Å². The van der Waals surface area contributed by atoms with Gasteiger partial charge in [0.15, 0.2) is 0 Å².